The summed E-state index contributed by atoms with van der Waals surface area (Å²) in [5.74, 6) is 0. The third-order valence-electron chi connectivity index (χ3n) is 0. The van der Waals surface area contributed by atoms with E-state index < -0.39 is 0 Å². The second-order valence-corrected chi connectivity index (χ2v) is 0. The van der Waals surface area contributed by atoms with Crippen LogP contribution in [-0.4, -0.2) is 22.0 Å². The van der Waals surface area contributed by atoms with Crippen molar-refractivity contribution in [1.29, 1.82) is 0 Å². The molecule has 0 aromatic rings. The summed E-state index contributed by atoms with van der Waals surface area (Å²) in [4.78, 5) is 0. The Hall–Kier alpha value is 0.419. The Bertz CT molecular complexity index is 8.00. The molecule has 1 nitrogen and oxygen atoms in total. The number of rotatable bonds is 0. The Balaban J connectivity index is -0.00000000500. The van der Waals surface area contributed by atoms with E-state index in [-0.39, 0.29) is 15.6 Å². The first-order chi connectivity index (χ1) is 1.00. The van der Waals surface area contributed by atoms with E-state index in [1.807, 2.05) is 0 Å². The molecule has 3 heteroatoms. The molecule has 0 radical (unpaired) electrons. The van der Waals surface area contributed by atoms with Gasteiger partial charge in [0.2, 0.25) is 0 Å². The van der Waals surface area contributed by atoms with Gasteiger partial charge in [-0.15, -0.1) is 11.6 Å². The quantitative estimate of drug-likeness (QED) is 0.267. The molecule has 0 aliphatic rings. The standard InChI is InChI=1S/CH3Cl.Be.H2O.2H/c1-2;;;;/h1H3;;1H2;;. The summed E-state index contributed by atoms with van der Waals surface area (Å²) in [7, 11) is 0. The Morgan fingerprint density at radius 1 is 1.25 bits per heavy atom. The summed E-state index contributed by atoms with van der Waals surface area (Å²) >= 11 is 4.64. The SMILES string of the molecule is CCl.O.[BeH2]. The molecule has 4 heavy (non-hydrogen) atoms. The van der Waals surface area contributed by atoms with Gasteiger partial charge in [0.1, 0.15) is 0 Å². The Morgan fingerprint density at radius 3 is 1.25 bits per heavy atom. The first-order valence-corrected chi connectivity index (χ1v) is 1.13. The number of hydrogen-bond donors (Lipinski definition) is 0. The van der Waals surface area contributed by atoms with E-state index in [1.54, 1.807) is 0 Å². The normalized spacial score (nSPS) is 1.50. The van der Waals surface area contributed by atoms with Crippen LogP contribution in [0.2, 0.25) is 0 Å². The van der Waals surface area contributed by atoms with E-state index in [0.29, 0.717) is 0 Å². The maximum absolute atomic E-state index is 4.64. The molecule has 0 rings (SSSR count). The van der Waals surface area contributed by atoms with Crippen molar-refractivity contribution in [2.24, 2.45) is 0 Å². The van der Waals surface area contributed by atoms with Crippen molar-refractivity contribution in [1.82, 2.24) is 0 Å². The van der Waals surface area contributed by atoms with Gasteiger partial charge in [0, 0.05) is 6.38 Å². The number of halogens is 1. The Labute approximate surface area is 34.5 Å². The molecular weight excluding hydrogens is 72.5 g/mol. The van der Waals surface area contributed by atoms with Crippen LogP contribution in [0.3, 0.4) is 0 Å². The Morgan fingerprint density at radius 2 is 1.25 bits per heavy atom. The summed E-state index contributed by atoms with van der Waals surface area (Å²) in [5, 5.41) is 0. The molecule has 0 bridgehead atoms. The maximum atomic E-state index is 4.64. The molecule has 0 saturated carbocycles. The molecule has 0 amide bonds. The first kappa shape index (κ1) is 25.7. The van der Waals surface area contributed by atoms with E-state index in [2.05, 4.69) is 11.6 Å². The molecule has 0 aliphatic carbocycles. The molecule has 0 saturated heterocycles. The van der Waals surface area contributed by atoms with E-state index in [1.165, 1.54) is 6.38 Å². The zero-order chi connectivity index (χ0) is 2.00. The van der Waals surface area contributed by atoms with E-state index in [9.17, 15) is 0 Å². The molecule has 0 aliphatic heterocycles. The predicted molar refractivity (Wildman–Crippen MR) is 23.9 cm³/mol. The fraction of sp³-hybridized carbons (Fsp3) is 1.00. The van der Waals surface area contributed by atoms with Crippen molar-refractivity contribution in [3.63, 3.8) is 0 Å². The van der Waals surface area contributed by atoms with E-state index in [0.717, 1.165) is 0 Å². The van der Waals surface area contributed by atoms with Crippen molar-refractivity contribution in [3.05, 3.63) is 0 Å². The second kappa shape index (κ2) is 114. The Kier molecular flexibility index (Phi) is 731. The van der Waals surface area contributed by atoms with Gasteiger partial charge >= 0.3 is 10.1 Å². The molecule has 2 N–H and O–H groups in total. The molecule has 0 unspecified atom stereocenters. The molecule has 0 heterocycles. The van der Waals surface area contributed by atoms with Gasteiger partial charge in [0.05, 0.1) is 0 Å². The third kappa shape index (κ3) is 27.8. The molecule has 0 aromatic heterocycles. The summed E-state index contributed by atoms with van der Waals surface area (Å²) < 4.78 is 0. The van der Waals surface area contributed by atoms with Gasteiger partial charge in [-0.05, 0) is 0 Å². The monoisotopic (exact) mass is 79.0 g/mol. The summed E-state index contributed by atoms with van der Waals surface area (Å²) in [5.41, 5.74) is 0. The van der Waals surface area contributed by atoms with Crippen LogP contribution >= 0.6 is 11.6 Å². The van der Waals surface area contributed by atoms with Gasteiger partial charge in [-0.25, -0.2) is 0 Å². The minimum absolute atomic E-state index is 0. The summed E-state index contributed by atoms with van der Waals surface area (Å²) in [6.07, 6.45) is 1.47. The van der Waals surface area contributed by atoms with Gasteiger partial charge in [-0.1, -0.05) is 0 Å². The van der Waals surface area contributed by atoms with Gasteiger partial charge in [0.25, 0.3) is 0 Å². The van der Waals surface area contributed by atoms with Crippen LogP contribution in [0.1, 0.15) is 0 Å². The molecule has 0 atom stereocenters. The van der Waals surface area contributed by atoms with Crippen molar-refractivity contribution in [3.8, 4) is 0 Å². The van der Waals surface area contributed by atoms with Crippen LogP contribution < -0.4 is 0 Å². The fourth-order valence-electron chi connectivity index (χ4n) is 0. The van der Waals surface area contributed by atoms with Crippen LogP contribution in [-0.2, 0) is 0 Å². The van der Waals surface area contributed by atoms with Crippen molar-refractivity contribution in [2.75, 3.05) is 6.38 Å². The van der Waals surface area contributed by atoms with Gasteiger partial charge in [0.15, 0.2) is 0 Å². The van der Waals surface area contributed by atoms with Crippen LogP contribution in [0, 0.1) is 0 Å². The topological polar surface area (TPSA) is 31.5 Å². The average Bonchev–Trinajstić information content (AvgIpc) is 1.00. The summed E-state index contributed by atoms with van der Waals surface area (Å²) in [6.45, 7) is 0. The molecular formula is CH7BeClO. The van der Waals surface area contributed by atoms with Gasteiger partial charge in [-0.3, -0.25) is 0 Å². The molecule has 0 aromatic carbocycles. The van der Waals surface area contributed by atoms with Crippen LogP contribution in [0.25, 0.3) is 0 Å². The molecule has 0 spiro atoms. The predicted octanol–water partition coefficient (Wildman–Crippen LogP) is -0.886. The molecule has 26 valence electrons. The first-order valence-electron chi connectivity index (χ1n) is 0.378. The fourth-order valence-corrected chi connectivity index (χ4v) is 0. The van der Waals surface area contributed by atoms with E-state index in [4.69, 9.17) is 0 Å². The zero-order valence-electron chi connectivity index (χ0n) is 1.88. The molecule has 0 fully saturated rings. The van der Waals surface area contributed by atoms with Crippen LogP contribution in [0.15, 0.2) is 0 Å². The third-order valence-corrected chi connectivity index (χ3v) is 0. The number of hydrogen-bond acceptors (Lipinski definition) is 0. The van der Waals surface area contributed by atoms with Gasteiger partial charge < -0.3 is 5.48 Å². The van der Waals surface area contributed by atoms with Crippen molar-refractivity contribution in [2.45, 2.75) is 0 Å². The second-order valence-electron chi connectivity index (χ2n) is 0. The summed E-state index contributed by atoms with van der Waals surface area (Å²) in [6, 6.07) is 0. The number of alkyl halides is 1. The van der Waals surface area contributed by atoms with Gasteiger partial charge in [-0.2, -0.15) is 0 Å². The van der Waals surface area contributed by atoms with Crippen molar-refractivity contribution < 1.29 is 5.48 Å². The van der Waals surface area contributed by atoms with Crippen molar-refractivity contribution >= 4 is 21.7 Å². The van der Waals surface area contributed by atoms with Crippen LogP contribution in [0.5, 0.6) is 0 Å². The average molecular weight is 79.5 g/mol. The van der Waals surface area contributed by atoms with Crippen LogP contribution in [0.4, 0.5) is 0 Å². The van der Waals surface area contributed by atoms with E-state index >= 15 is 0 Å². The minimum atomic E-state index is 0. The zero-order valence-corrected chi connectivity index (χ0v) is 2.63.